The number of likely N-dealkylation sites (tertiary alicyclic amines) is 1. The molecule has 6 heteroatoms. The van der Waals surface area contributed by atoms with Gasteiger partial charge >= 0.3 is 0 Å². The summed E-state index contributed by atoms with van der Waals surface area (Å²) in [5.41, 5.74) is 1.20. The molecular formula is C19H24N4O2. The van der Waals surface area contributed by atoms with E-state index >= 15 is 0 Å². The number of hydrogen-bond acceptors (Lipinski definition) is 3. The van der Waals surface area contributed by atoms with Crippen LogP contribution in [0.25, 0.3) is 0 Å². The third-order valence-electron chi connectivity index (χ3n) is 4.51. The number of carbonyl (C=O) groups is 2. The maximum atomic E-state index is 12.5. The summed E-state index contributed by atoms with van der Waals surface area (Å²) < 4.78 is 1.77. The molecule has 1 saturated heterocycles. The van der Waals surface area contributed by atoms with Crippen LogP contribution < -0.4 is 5.32 Å². The Morgan fingerprint density at radius 2 is 2.04 bits per heavy atom. The summed E-state index contributed by atoms with van der Waals surface area (Å²) in [5.74, 6) is 0.306. The fraction of sp³-hybridized carbons (Fsp3) is 0.421. The van der Waals surface area contributed by atoms with Gasteiger partial charge in [0, 0.05) is 31.6 Å². The molecule has 6 nitrogen and oxygen atoms in total. The fourth-order valence-electron chi connectivity index (χ4n) is 3.13. The molecule has 1 aliphatic heterocycles. The number of benzene rings is 1. The predicted molar refractivity (Wildman–Crippen MR) is 96.1 cm³/mol. The minimum atomic E-state index is -0.307. The summed E-state index contributed by atoms with van der Waals surface area (Å²) in [6.07, 6.45) is 2.75. The van der Waals surface area contributed by atoms with Crippen LogP contribution in [0.4, 0.5) is 5.82 Å². The maximum absolute atomic E-state index is 12.5. The Morgan fingerprint density at radius 1 is 1.28 bits per heavy atom. The molecule has 1 aromatic heterocycles. The highest BCUT2D eigenvalue weighted by Gasteiger charge is 2.34. The first-order chi connectivity index (χ1) is 12.0. The van der Waals surface area contributed by atoms with E-state index in [9.17, 15) is 9.59 Å². The molecule has 1 aliphatic rings. The summed E-state index contributed by atoms with van der Waals surface area (Å²) in [6.45, 7) is 5.14. The Hall–Kier alpha value is -2.63. The molecule has 0 radical (unpaired) electrons. The Balaban J connectivity index is 1.56. The number of rotatable bonds is 6. The Labute approximate surface area is 147 Å². The first kappa shape index (κ1) is 17.2. The van der Waals surface area contributed by atoms with Gasteiger partial charge in [0.1, 0.15) is 5.82 Å². The standard InChI is InChI=1S/C19H24N4O2/c1-14(2)23-17(8-10-20-23)21-19(25)16-12-18(24)22(13-16)11-9-15-6-4-3-5-7-15/h3-8,10,14,16H,9,11-13H2,1-2H3,(H,21,25)/t16-/m1/s1. The van der Waals surface area contributed by atoms with E-state index in [1.807, 2.05) is 32.0 Å². The van der Waals surface area contributed by atoms with Gasteiger partial charge in [-0.15, -0.1) is 0 Å². The van der Waals surface area contributed by atoms with Crippen molar-refractivity contribution >= 4 is 17.6 Å². The molecule has 3 rings (SSSR count). The Kier molecular flexibility index (Phi) is 5.16. The summed E-state index contributed by atoms with van der Waals surface area (Å²) in [7, 11) is 0. The number of aromatic nitrogens is 2. The molecule has 0 saturated carbocycles. The van der Waals surface area contributed by atoms with E-state index in [4.69, 9.17) is 0 Å². The lowest BCUT2D eigenvalue weighted by molar-refractivity contribution is -0.128. The molecule has 25 heavy (non-hydrogen) atoms. The molecule has 0 unspecified atom stereocenters. The third-order valence-corrected chi connectivity index (χ3v) is 4.51. The van der Waals surface area contributed by atoms with Crippen molar-refractivity contribution in [3.05, 3.63) is 48.2 Å². The highest BCUT2D eigenvalue weighted by molar-refractivity contribution is 5.96. The zero-order valence-electron chi connectivity index (χ0n) is 14.7. The van der Waals surface area contributed by atoms with Crippen LogP contribution in [0, 0.1) is 5.92 Å². The topological polar surface area (TPSA) is 67.2 Å². The molecule has 1 N–H and O–H groups in total. The van der Waals surface area contributed by atoms with Crippen molar-refractivity contribution < 1.29 is 9.59 Å². The van der Waals surface area contributed by atoms with Gasteiger partial charge in [0.05, 0.1) is 12.1 Å². The lowest BCUT2D eigenvalue weighted by Crippen LogP contribution is -2.30. The molecule has 1 fully saturated rings. The van der Waals surface area contributed by atoms with Crippen molar-refractivity contribution in [2.24, 2.45) is 5.92 Å². The number of carbonyl (C=O) groups excluding carboxylic acids is 2. The molecule has 2 amide bonds. The number of nitrogens with zero attached hydrogens (tertiary/aromatic N) is 3. The molecule has 2 heterocycles. The monoisotopic (exact) mass is 340 g/mol. The van der Waals surface area contributed by atoms with E-state index in [1.54, 1.807) is 21.8 Å². The maximum Gasteiger partial charge on any atom is 0.230 e. The second-order valence-electron chi connectivity index (χ2n) is 6.72. The van der Waals surface area contributed by atoms with Gasteiger partial charge in [-0.05, 0) is 25.8 Å². The van der Waals surface area contributed by atoms with E-state index < -0.39 is 0 Å². The normalized spacial score (nSPS) is 17.3. The van der Waals surface area contributed by atoms with Gasteiger partial charge in [0.25, 0.3) is 0 Å². The minimum absolute atomic E-state index is 0.0495. The minimum Gasteiger partial charge on any atom is -0.342 e. The summed E-state index contributed by atoms with van der Waals surface area (Å²) in [6, 6.07) is 12.0. The van der Waals surface area contributed by atoms with Crippen LogP contribution in [0.2, 0.25) is 0 Å². The second kappa shape index (κ2) is 7.51. The average Bonchev–Trinajstić information content (AvgIpc) is 3.20. The quantitative estimate of drug-likeness (QED) is 0.878. The first-order valence-corrected chi connectivity index (χ1v) is 8.70. The second-order valence-corrected chi connectivity index (χ2v) is 6.72. The van der Waals surface area contributed by atoms with E-state index in [-0.39, 0.29) is 30.2 Å². The van der Waals surface area contributed by atoms with Crippen LogP contribution in [0.3, 0.4) is 0 Å². The predicted octanol–water partition coefficient (Wildman–Crippen LogP) is 2.49. The lowest BCUT2D eigenvalue weighted by atomic mass is 10.1. The van der Waals surface area contributed by atoms with E-state index in [1.165, 1.54) is 5.56 Å². The smallest absolute Gasteiger partial charge is 0.230 e. The van der Waals surface area contributed by atoms with Crippen LogP contribution in [0.5, 0.6) is 0 Å². The fourth-order valence-corrected chi connectivity index (χ4v) is 3.13. The number of amides is 2. The van der Waals surface area contributed by atoms with Crippen molar-refractivity contribution in [2.75, 3.05) is 18.4 Å². The van der Waals surface area contributed by atoms with Crippen molar-refractivity contribution in [1.29, 1.82) is 0 Å². The lowest BCUT2D eigenvalue weighted by Gasteiger charge is -2.17. The van der Waals surface area contributed by atoms with E-state index in [0.717, 1.165) is 6.42 Å². The van der Waals surface area contributed by atoms with Crippen LogP contribution in [0.1, 0.15) is 31.9 Å². The van der Waals surface area contributed by atoms with Gasteiger partial charge in [0.15, 0.2) is 0 Å². The van der Waals surface area contributed by atoms with Crippen molar-refractivity contribution in [3.63, 3.8) is 0 Å². The summed E-state index contributed by atoms with van der Waals surface area (Å²) in [5, 5.41) is 7.12. The number of hydrogen-bond donors (Lipinski definition) is 1. The Morgan fingerprint density at radius 3 is 2.76 bits per heavy atom. The summed E-state index contributed by atoms with van der Waals surface area (Å²) in [4.78, 5) is 26.5. The zero-order chi connectivity index (χ0) is 17.8. The zero-order valence-corrected chi connectivity index (χ0v) is 14.7. The Bertz CT molecular complexity index is 739. The molecule has 1 atom stereocenters. The van der Waals surface area contributed by atoms with Gasteiger partial charge in [-0.3, -0.25) is 9.59 Å². The average molecular weight is 340 g/mol. The van der Waals surface area contributed by atoms with Gasteiger partial charge in [-0.1, -0.05) is 30.3 Å². The van der Waals surface area contributed by atoms with Crippen LogP contribution >= 0.6 is 0 Å². The van der Waals surface area contributed by atoms with E-state index in [0.29, 0.717) is 18.9 Å². The van der Waals surface area contributed by atoms with Crippen LogP contribution in [-0.4, -0.2) is 39.6 Å². The number of anilines is 1. The SMILES string of the molecule is CC(C)n1nccc1NC(=O)[C@@H]1CC(=O)N(CCc2ccccc2)C1. The van der Waals surface area contributed by atoms with Crippen LogP contribution in [0.15, 0.2) is 42.6 Å². The summed E-state index contributed by atoms with van der Waals surface area (Å²) >= 11 is 0. The van der Waals surface area contributed by atoms with Crippen LogP contribution in [-0.2, 0) is 16.0 Å². The van der Waals surface area contributed by atoms with Gasteiger partial charge in [-0.2, -0.15) is 5.10 Å². The molecule has 0 bridgehead atoms. The van der Waals surface area contributed by atoms with Gasteiger partial charge in [0.2, 0.25) is 11.8 Å². The van der Waals surface area contributed by atoms with Gasteiger partial charge in [-0.25, -0.2) is 4.68 Å². The van der Waals surface area contributed by atoms with Crippen molar-refractivity contribution in [3.8, 4) is 0 Å². The molecule has 0 spiro atoms. The molecule has 0 aliphatic carbocycles. The first-order valence-electron chi connectivity index (χ1n) is 8.70. The molecule has 132 valence electrons. The van der Waals surface area contributed by atoms with E-state index in [2.05, 4.69) is 22.5 Å². The third kappa shape index (κ3) is 4.07. The highest BCUT2D eigenvalue weighted by atomic mass is 16.2. The number of nitrogens with one attached hydrogen (secondary N) is 1. The van der Waals surface area contributed by atoms with Crippen molar-refractivity contribution in [1.82, 2.24) is 14.7 Å². The molecule has 2 aromatic rings. The molecular weight excluding hydrogens is 316 g/mol. The highest BCUT2D eigenvalue weighted by Crippen LogP contribution is 2.21. The van der Waals surface area contributed by atoms with Crippen molar-refractivity contribution in [2.45, 2.75) is 32.7 Å². The molecule has 1 aromatic carbocycles. The van der Waals surface area contributed by atoms with Gasteiger partial charge < -0.3 is 10.2 Å². The largest absolute Gasteiger partial charge is 0.342 e.